The highest BCUT2D eigenvalue weighted by Gasteiger charge is 2.51. The number of hydrogen-bond acceptors (Lipinski definition) is 4. The highest BCUT2D eigenvalue weighted by molar-refractivity contribution is 7.92. The number of alkyl halides is 3. The number of carboxylic acids is 1. The first-order valence-corrected chi connectivity index (χ1v) is 12.3. The molecule has 2 saturated carbocycles. The molecule has 0 radical (unpaired) electrons. The van der Waals surface area contributed by atoms with E-state index in [0.717, 1.165) is 43.4 Å². The van der Waals surface area contributed by atoms with E-state index in [1.807, 2.05) is 12.1 Å². The number of benzene rings is 2. The summed E-state index contributed by atoms with van der Waals surface area (Å²) >= 11 is 0. The van der Waals surface area contributed by atoms with Gasteiger partial charge >= 0.3 is 12.1 Å². The lowest BCUT2D eigenvalue weighted by atomic mass is 9.94. The zero-order chi connectivity index (χ0) is 25.9. The lowest BCUT2D eigenvalue weighted by Crippen LogP contribution is -2.40. The fraction of sp³-hybridized carbons (Fsp3) is 0.391. The van der Waals surface area contributed by atoms with Crippen LogP contribution in [-0.2, 0) is 25.0 Å². The Morgan fingerprint density at radius 2 is 1.46 bits per heavy atom. The van der Waals surface area contributed by atoms with E-state index in [2.05, 4.69) is 10.0 Å². The van der Waals surface area contributed by atoms with Crippen LogP contribution < -0.4 is 10.0 Å². The molecule has 3 N–H and O–H groups in total. The van der Waals surface area contributed by atoms with E-state index in [9.17, 15) is 30.8 Å². The number of sulfonamides is 1. The van der Waals surface area contributed by atoms with Crippen LogP contribution in [0, 0.1) is 5.82 Å². The van der Waals surface area contributed by atoms with Gasteiger partial charge in [0.15, 0.2) is 0 Å². The third-order valence-corrected chi connectivity index (χ3v) is 7.33. The van der Waals surface area contributed by atoms with E-state index in [4.69, 9.17) is 9.90 Å². The van der Waals surface area contributed by atoms with Gasteiger partial charge in [-0.25, -0.2) is 17.6 Å². The van der Waals surface area contributed by atoms with Crippen molar-refractivity contribution in [2.45, 2.75) is 61.1 Å². The molecule has 35 heavy (non-hydrogen) atoms. The number of hydrogen-bond donors (Lipinski definition) is 3. The number of aliphatic carboxylic acids is 1. The van der Waals surface area contributed by atoms with Gasteiger partial charge < -0.3 is 10.4 Å². The molecule has 2 aliphatic rings. The molecule has 2 aromatic carbocycles. The maximum absolute atomic E-state index is 13.0. The molecule has 0 aromatic heterocycles. The average Bonchev–Trinajstić information content (AvgIpc) is 3.44. The Balaban J connectivity index is 0.000000429. The quantitative estimate of drug-likeness (QED) is 0.494. The SMILES string of the molecule is O=C(NC1CCCC1)C1(c2ccc(NS(=O)(=O)c3ccc(F)cc3)cc2)CC1.O=C(O)C(F)(F)F. The van der Waals surface area contributed by atoms with E-state index in [-0.39, 0.29) is 16.8 Å². The molecule has 0 atom stereocenters. The maximum Gasteiger partial charge on any atom is 0.490 e. The molecule has 190 valence electrons. The van der Waals surface area contributed by atoms with Gasteiger partial charge in [0.05, 0.1) is 10.3 Å². The van der Waals surface area contributed by atoms with Crippen LogP contribution in [0.2, 0.25) is 0 Å². The van der Waals surface area contributed by atoms with Crippen LogP contribution in [0.1, 0.15) is 44.1 Å². The molecule has 2 aromatic rings. The summed E-state index contributed by atoms with van der Waals surface area (Å²) in [6.07, 6.45) is 0.970. The summed E-state index contributed by atoms with van der Waals surface area (Å²) in [5.74, 6) is -3.17. The van der Waals surface area contributed by atoms with Crippen molar-refractivity contribution in [3.05, 3.63) is 59.9 Å². The van der Waals surface area contributed by atoms with Crippen LogP contribution >= 0.6 is 0 Å². The molecule has 0 bridgehead atoms. The van der Waals surface area contributed by atoms with Gasteiger partial charge in [-0.15, -0.1) is 0 Å². The van der Waals surface area contributed by atoms with Crippen LogP contribution in [0.15, 0.2) is 53.4 Å². The molecule has 0 aliphatic heterocycles. The zero-order valence-corrected chi connectivity index (χ0v) is 19.3. The fourth-order valence-electron chi connectivity index (χ4n) is 3.85. The number of carboxylic acid groups (broad SMARTS) is 1. The van der Waals surface area contributed by atoms with Gasteiger partial charge in [0.2, 0.25) is 5.91 Å². The van der Waals surface area contributed by atoms with E-state index >= 15 is 0 Å². The number of rotatable bonds is 6. The molecule has 12 heteroatoms. The Kier molecular flexibility index (Phi) is 7.73. The second-order valence-corrected chi connectivity index (χ2v) is 10.2. The average molecular weight is 517 g/mol. The summed E-state index contributed by atoms with van der Waals surface area (Å²) in [4.78, 5) is 21.6. The Bertz CT molecular complexity index is 1160. The molecule has 0 unspecified atom stereocenters. The molecular formula is C23H24F4N2O5S. The third kappa shape index (κ3) is 6.71. The van der Waals surface area contributed by atoms with Crippen molar-refractivity contribution in [3.8, 4) is 0 Å². The number of nitrogens with one attached hydrogen (secondary N) is 2. The molecular weight excluding hydrogens is 492 g/mol. The highest BCUT2D eigenvalue weighted by Crippen LogP contribution is 2.49. The molecule has 1 amide bonds. The maximum atomic E-state index is 13.0. The van der Waals surface area contributed by atoms with Gasteiger partial charge in [0.25, 0.3) is 10.0 Å². The molecule has 4 rings (SSSR count). The lowest BCUT2D eigenvalue weighted by molar-refractivity contribution is -0.192. The van der Waals surface area contributed by atoms with E-state index in [1.165, 1.54) is 25.0 Å². The topological polar surface area (TPSA) is 113 Å². The minimum absolute atomic E-state index is 0.00687. The Labute approximate surface area is 199 Å². The Morgan fingerprint density at radius 3 is 1.91 bits per heavy atom. The molecule has 0 heterocycles. The summed E-state index contributed by atoms with van der Waals surface area (Å²) in [7, 11) is -3.79. The third-order valence-electron chi connectivity index (χ3n) is 5.93. The summed E-state index contributed by atoms with van der Waals surface area (Å²) in [5, 5.41) is 10.3. The van der Waals surface area contributed by atoms with Crippen molar-refractivity contribution in [3.63, 3.8) is 0 Å². The number of amides is 1. The Hall–Kier alpha value is -3.15. The summed E-state index contributed by atoms with van der Waals surface area (Å²) in [5.41, 5.74) is 0.838. The summed E-state index contributed by atoms with van der Waals surface area (Å²) < 4.78 is 72.1. The van der Waals surface area contributed by atoms with E-state index in [0.29, 0.717) is 5.69 Å². The highest BCUT2D eigenvalue weighted by atomic mass is 32.2. The normalized spacial score (nSPS) is 17.1. The fourth-order valence-corrected chi connectivity index (χ4v) is 4.91. The van der Waals surface area contributed by atoms with Gasteiger partial charge in [0.1, 0.15) is 5.82 Å². The first-order chi connectivity index (χ1) is 16.3. The van der Waals surface area contributed by atoms with Crippen molar-refractivity contribution in [1.82, 2.24) is 5.32 Å². The van der Waals surface area contributed by atoms with E-state index in [1.54, 1.807) is 12.1 Å². The van der Waals surface area contributed by atoms with Crippen molar-refractivity contribution >= 4 is 27.6 Å². The van der Waals surface area contributed by atoms with Crippen LogP contribution in [0.3, 0.4) is 0 Å². The van der Waals surface area contributed by atoms with Gasteiger partial charge in [-0.1, -0.05) is 25.0 Å². The van der Waals surface area contributed by atoms with Crippen molar-refractivity contribution in [2.75, 3.05) is 4.72 Å². The predicted octanol–water partition coefficient (Wildman–Crippen LogP) is 4.35. The number of halogens is 4. The van der Waals surface area contributed by atoms with Crippen LogP contribution in [-0.4, -0.2) is 37.6 Å². The monoisotopic (exact) mass is 516 g/mol. The van der Waals surface area contributed by atoms with Crippen LogP contribution in [0.5, 0.6) is 0 Å². The standard InChI is InChI=1S/C21H23FN2O3S.C2HF3O2/c22-16-7-11-19(12-8-16)28(26,27)24-18-9-5-15(6-10-18)21(13-14-21)20(25)23-17-3-1-2-4-17;3-2(4,5)1(6)7/h5-12,17,24H,1-4,13-14H2,(H,23,25);(H,6,7). The predicted molar refractivity (Wildman–Crippen MR) is 119 cm³/mol. The molecule has 0 spiro atoms. The minimum atomic E-state index is -5.08. The number of anilines is 1. The molecule has 0 saturated heterocycles. The Morgan fingerprint density at radius 1 is 0.943 bits per heavy atom. The van der Waals surface area contributed by atoms with Crippen LogP contribution in [0.25, 0.3) is 0 Å². The molecule has 2 aliphatic carbocycles. The second kappa shape index (κ2) is 10.2. The molecule has 2 fully saturated rings. The van der Waals surface area contributed by atoms with Gasteiger partial charge in [-0.05, 0) is 67.6 Å². The first kappa shape index (κ1) is 26.5. The summed E-state index contributed by atoms with van der Waals surface area (Å²) in [6, 6.07) is 11.9. The first-order valence-electron chi connectivity index (χ1n) is 10.8. The van der Waals surface area contributed by atoms with Gasteiger partial charge in [-0.2, -0.15) is 13.2 Å². The number of carbonyl (C=O) groups is 2. The van der Waals surface area contributed by atoms with E-state index < -0.39 is 33.4 Å². The largest absolute Gasteiger partial charge is 0.490 e. The van der Waals surface area contributed by atoms with Gasteiger partial charge in [-0.3, -0.25) is 9.52 Å². The van der Waals surface area contributed by atoms with Crippen molar-refractivity contribution in [2.24, 2.45) is 0 Å². The second-order valence-electron chi connectivity index (χ2n) is 8.48. The zero-order valence-electron chi connectivity index (χ0n) is 18.4. The minimum Gasteiger partial charge on any atom is -0.475 e. The van der Waals surface area contributed by atoms with Crippen molar-refractivity contribution in [1.29, 1.82) is 0 Å². The number of carbonyl (C=O) groups excluding carboxylic acids is 1. The van der Waals surface area contributed by atoms with Crippen LogP contribution in [0.4, 0.5) is 23.2 Å². The van der Waals surface area contributed by atoms with Gasteiger partial charge in [0, 0.05) is 11.7 Å². The van der Waals surface area contributed by atoms with Crippen molar-refractivity contribution < 1.29 is 40.7 Å². The summed E-state index contributed by atoms with van der Waals surface area (Å²) in [6.45, 7) is 0. The molecule has 7 nitrogen and oxygen atoms in total. The smallest absolute Gasteiger partial charge is 0.475 e. The lowest BCUT2D eigenvalue weighted by Gasteiger charge is -2.20.